The molecular formula is C38H46ClN3O9. The molecule has 51 heavy (non-hydrogen) atoms. The second kappa shape index (κ2) is 19.0. The predicted octanol–water partition coefficient (Wildman–Crippen LogP) is 5.60. The zero-order valence-corrected chi connectivity index (χ0v) is 30.1. The number of primary amides is 1. The fraction of sp³-hybridized carbons (Fsp3) is 0.421. The van der Waals surface area contributed by atoms with Gasteiger partial charge in [0.1, 0.15) is 23.3 Å². The Morgan fingerprint density at radius 2 is 1.63 bits per heavy atom. The minimum atomic E-state index is -1.18. The number of esters is 1. The molecule has 0 bridgehead atoms. The molecule has 1 fully saturated rings. The van der Waals surface area contributed by atoms with Crippen molar-refractivity contribution in [2.75, 3.05) is 27.6 Å². The van der Waals surface area contributed by atoms with E-state index in [0.29, 0.717) is 51.5 Å². The van der Waals surface area contributed by atoms with Crippen LogP contribution >= 0.6 is 11.6 Å². The van der Waals surface area contributed by atoms with Crippen molar-refractivity contribution in [3.05, 3.63) is 87.9 Å². The van der Waals surface area contributed by atoms with Gasteiger partial charge in [-0.05, 0) is 79.3 Å². The van der Waals surface area contributed by atoms with Crippen LogP contribution < -0.4 is 30.6 Å². The third-order valence-electron chi connectivity index (χ3n) is 8.64. The summed E-state index contributed by atoms with van der Waals surface area (Å²) in [4.78, 5) is 50.7. The van der Waals surface area contributed by atoms with Crippen molar-refractivity contribution in [2.45, 2.75) is 70.6 Å². The van der Waals surface area contributed by atoms with Crippen molar-refractivity contribution >= 4 is 35.3 Å². The van der Waals surface area contributed by atoms with Crippen LogP contribution in [0.2, 0.25) is 5.02 Å². The summed E-state index contributed by atoms with van der Waals surface area (Å²) in [6, 6.07) is 15.2. The third kappa shape index (κ3) is 11.3. The molecular weight excluding hydrogens is 678 g/mol. The predicted molar refractivity (Wildman–Crippen MR) is 191 cm³/mol. The maximum atomic E-state index is 13.5. The Labute approximate surface area is 303 Å². The number of ether oxygens (including phenoxy) is 5. The highest BCUT2D eigenvalue weighted by molar-refractivity contribution is 6.30. The lowest BCUT2D eigenvalue weighted by Crippen LogP contribution is -2.48. The largest absolute Gasteiger partial charge is 0.492 e. The van der Waals surface area contributed by atoms with E-state index in [1.807, 2.05) is 0 Å². The monoisotopic (exact) mass is 723 g/mol. The van der Waals surface area contributed by atoms with Gasteiger partial charge in [0.05, 0.1) is 25.3 Å². The second-order valence-corrected chi connectivity index (χ2v) is 13.0. The summed E-state index contributed by atoms with van der Waals surface area (Å²) in [6.45, 7) is 3.56. The summed E-state index contributed by atoms with van der Waals surface area (Å²) in [6.07, 6.45) is 4.79. The van der Waals surface area contributed by atoms with Crippen LogP contribution in [0.15, 0.2) is 60.7 Å². The molecule has 1 aliphatic carbocycles. The number of halogens is 1. The Kier molecular flexibility index (Phi) is 14.5. The van der Waals surface area contributed by atoms with Crippen LogP contribution in [-0.4, -0.2) is 57.4 Å². The highest BCUT2D eigenvalue weighted by Gasteiger charge is 2.28. The third-order valence-corrected chi connectivity index (χ3v) is 8.88. The summed E-state index contributed by atoms with van der Waals surface area (Å²) < 4.78 is 27.7. The average Bonchev–Trinajstić information content (AvgIpc) is 3.12. The van der Waals surface area contributed by atoms with Crippen molar-refractivity contribution in [2.24, 2.45) is 11.7 Å². The van der Waals surface area contributed by atoms with Crippen molar-refractivity contribution in [3.63, 3.8) is 0 Å². The molecule has 0 heterocycles. The SMILES string of the molecule is COCOc1cc(Cl)ccc1C(Oc1ccc(CC(NC(C)=O)C(=O)NC(C)c2ccc(OCC3CCCCC3)c(C(N)=O)c2)cc1)C(=O)OC. The molecule has 0 radical (unpaired) electrons. The van der Waals surface area contributed by atoms with Crippen LogP contribution in [-0.2, 0) is 30.3 Å². The zero-order valence-electron chi connectivity index (χ0n) is 29.4. The standard InChI is InChI=1S/C38H46ClN3O9/c1-23(27-12-17-33(31(19-27)36(40)44)49-21-26-8-6-5-7-9-26)41-37(45)32(42-24(2)43)18-25-10-14-29(15-11-25)51-35(38(46)48-4)30-16-13-28(39)20-34(30)50-22-47-3/h10-17,19-20,23,26,32,35H,5-9,18,21-22H2,1-4H3,(H2,40,44)(H,41,45)(H,42,43). The molecule has 0 spiro atoms. The molecule has 3 unspecified atom stereocenters. The van der Waals surface area contributed by atoms with E-state index in [1.54, 1.807) is 67.6 Å². The van der Waals surface area contributed by atoms with Gasteiger partial charge in [-0.1, -0.05) is 49.1 Å². The molecule has 4 rings (SSSR count). The van der Waals surface area contributed by atoms with Crippen LogP contribution in [0.4, 0.5) is 0 Å². The van der Waals surface area contributed by atoms with Crippen molar-refractivity contribution in [3.8, 4) is 17.2 Å². The Morgan fingerprint density at radius 3 is 2.27 bits per heavy atom. The maximum Gasteiger partial charge on any atom is 0.351 e. The lowest BCUT2D eigenvalue weighted by molar-refractivity contribution is -0.149. The molecule has 3 amide bonds. The number of nitrogens with two attached hydrogens (primary N) is 1. The van der Waals surface area contributed by atoms with E-state index in [-0.39, 0.29) is 24.7 Å². The van der Waals surface area contributed by atoms with Gasteiger partial charge in [-0.2, -0.15) is 0 Å². The summed E-state index contributed by atoms with van der Waals surface area (Å²) in [5, 5.41) is 6.05. The molecule has 12 nitrogen and oxygen atoms in total. The molecule has 4 N–H and O–H groups in total. The number of hydrogen-bond acceptors (Lipinski definition) is 9. The van der Waals surface area contributed by atoms with Gasteiger partial charge in [0, 0.05) is 31.0 Å². The number of carbonyl (C=O) groups excluding carboxylic acids is 4. The molecule has 3 aromatic carbocycles. The Morgan fingerprint density at radius 1 is 0.902 bits per heavy atom. The van der Waals surface area contributed by atoms with Crippen LogP contribution in [0, 0.1) is 5.92 Å². The minimum absolute atomic E-state index is 0.0756. The first-order valence-electron chi connectivity index (χ1n) is 16.9. The van der Waals surface area contributed by atoms with Crippen molar-refractivity contribution in [1.29, 1.82) is 0 Å². The first-order chi connectivity index (χ1) is 24.5. The smallest absolute Gasteiger partial charge is 0.351 e. The molecule has 0 saturated heterocycles. The Bertz CT molecular complexity index is 1660. The van der Waals surface area contributed by atoms with E-state index in [4.69, 9.17) is 41.0 Å². The molecule has 0 aromatic heterocycles. The number of amides is 3. The molecule has 3 aromatic rings. The average molecular weight is 724 g/mol. The fourth-order valence-electron chi connectivity index (χ4n) is 5.94. The molecule has 13 heteroatoms. The Hall–Kier alpha value is -4.81. The number of carbonyl (C=O) groups is 4. The summed E-state index contributed by atoms with van der Waals surface area (Å²) in [7, 11) is 2.72. The van der Waals surface area contributed by atoms with Gasteiger partial charge in [0.2, 0.25) is 17.9 Å². The number of nitrogens with one attached hydrogen (secondary N) is 2. The first kappa shape index (κ1) is 39.0. The lowest BCUT2D eigenvalue weighted by atomic mass is 9.90. The fourth-order valence-corrected chi connectivity index (χ4v) is 6.10. The van der Waals surface area contributed by atoms with Crippen molar-refractivity contribution in [1.82, 2.24) is 10.6 Å². The van der Waals surface area contributed by atoms with E-state index in [2.05, 4.69) is 10.6 Å². The number of methoxy groups -OCH3 is 2. The zero-order chi connectivity index (χ0) is 36.9. The van der Waals surface area contributed by atoms with Crippen LogP contribution in [0.25, 0.3) is 0 Å². The van der Waals surface area contributed by atoms with E-state index in [1.165, 1.54) is 40.4 Å². The Balaban J connectivity index is 1.44. The topological polar surface area (TPSA) is 165 Å². The van der Waals surface area contributed by atoms with Crippen LogP contribution in [0.1, 0.15) is 85.1 Å². The summed E-state index contributed by atoms with van der Waals surface area (Å²) in [5.74, 6) is -0.584. The van der Waals surface area contributed by atoms with Gasteiger partial charge in [0.25, 0.3) is 5.91 Å². The van der Waals surface area contributed by atoms with E-state index in [0.717, 1.165) is 12.8 Å². The molecule has 1 saturated carbocycles. The van der Waals surface area contributed by atoms with Crippen LogP contribution in [0.3, 0.4) is 0 Å². The van der Waals surface area contributed by atoms with E-state index in [9.17, 15) is 19.2 Å². The normalized spacial score (nSPS) is 14.8. The number of hydrogen-bond donors (Lipinski definition) is 3. The molecule has 0 aliphatic heterocycles. The summed E-state index contributed by atoms with van der Waals surface area (Å²) in [5.41, 5.74) is 7.69. The van der Waals surface area contributed by atoms with Gasteiger partial charge >= 0.3 is 5.97 Å². The van der Waals surface area contributed by atoms with Gasteiger partial charge in [-0.25, -0.2) is 4.79 Å². The number of benzene rings is 3. The molecule has 274 valence electrons. The van der Waals surface area contributed by atoms with E-state index < -0.39 is 36.0 Å². The maximum absolute atomic E-state index is 13.5. The molecule has 1 aliphatic rings. The highest BCUT2D eigenvalue weighted by Crippen LogP contribution is 2.33. The first-order valence-corrected chi connectivity index (χ1v) is 17.3. The molecule has 3 atom stereocenters. The van der Waals surface area contributed by atoms with E-state index >= 15 is 0 Å². The van der Waals surface area contributed by atoms with Gasteiger partial charge < -0.3 is 40.1 Å². The van der Waals surface area contributed by atoms with Gasteiger partial charge in [-0.15, -0.1) is 0 Å². The number of rotatable bonds is 17. The van der Waals surface area contributed by atoms with Gasteiger partial charge in [0.15, 0.2) is 6.79 Å². The second-order valence-electron chi connectivity index (χ2n) is 12.5. The quantitative estimate of drug-likeness (QED) is 0.119. The highest BCUT2D eigenvalue weighted by atomic mass is 35.5. The minimum Gasteiger partial charge on any atom is -0.492 e. The van der Waals surface area contributed by atoms with Crippen molar-refractivity contribution < 1.29 is 42.9 Å². The van der Waals surface area contributed by atoms with Gasteiger partial charge in [-0.3, -0.25) is 14.4 Å². The van der Waals surface area contributed by atoms with Crippen LogP contribution in [0.5, 0.6) is 17.2 Å². The summed E-state index contributed by atoms with van der Waals surface area (Å²) >= 11 is 6.15. The lowest BCUT2D eigenvalue weighted by Gasteiger charge is -2.23.